The first-order valence-electron chi connectivity index (χ1n) is 8.38. The van der Waals surface area contributed by atoms with Crippen LogP contribution in [-0.2, 0) is 14.8 Å². The molecule has 0 saturated heterocycles. The van der Waals surface area contributed by atoms with Crippen LogP contribution in [0.5, 0.6) is 5.75 Å². The van der Waals surface area contributed by atoms with Crippen LogP contribution in [0, 0.1) is 19.7 Å². The molecule has 0 fully saturated rings. The van der Waals surface area contributed by atoms with Crippen LogP contribution in [-0.4, -0.2) is 40.3 Å². The minimum Gasteiger partial charge on any atom is -0.491 e. The van der Waals surface area contributed by atoms with Crippen molar-refractivity contribution in [2.75, 3.05) is 30.3 Å². The maximum absolute atomic E-state index is 13.9. The topological polar surface area (TPSA) is 75.7 Å². The molecule has 0 spiro atoms. The number of para-hydroxylation sites is 1. The van der Waals surface area contributed by atoms with Gasteiger partial charge in [0.25, 0.3) is 0 Å². The minimum absolute atomic E-state index is 0.165. The second kappa shape index (κ2) is 8.85. The number of ether oxygens (including phenoxy) is 1. The summed E-state index contributed by atoms with van der Waals surface area (Å²) in [6.45, 7) is 3.84. The number of rotatable bonds is 8. The van der Waals surface area contributed by atoms with Gasteiger partial charge in [0.2, 0.25) is 15.9 Å². The Morgan fingerprint density at radius 1 is 1.15 bits per heavy atom. The molecule has 6 nitrogen and oxygen atoms in total. The molecule has 2 aromatic carbocycles. The Morgan fingerprint density at radius 2 is 1.85 bits per heavy atom. The van der Waals surface area contributed by atoms with E-state index < -0.39 is 28.3 Å². The number of halogens is 1. The summed E-state index contributed by atoms with van der Waals surface area (Å²) in [6, 6.07) is 11.1. The number of anilines is 1. The van der Waals surface area contributed by atoms with Gasteiger partial charge in [-0.2, -0.15) is 0 Å². The fourth-order valence-corrected chi connectivity index (χ4v) is 3.31. The zero-order valence-corrected chi connectivity index (χ0v) is 16.3. The lowest BCUT2D eigenvalue weighted by molar-refractivity contribution is -0.119. The van der Waals surface area contributed by atoms with Crippen molar-refractivity contribution >= 4 is 21.6 Å². The highest BCUT2D eigenvalue weighted by Crippen LogP contribution is 2.21. The SMILES string of the molecule is Cc1cccc(OCCNC(=O)CN(c2ccccc2F)S(C)(=O)=O)c1C. The van der Waals surface area contributed by atoms with Crippen molar-refractivity contribution in [2.45, 2.75) is 13.8 Å². The Kier molecular flexibility index (Phi) is 6.79. The minimum atomic E-state index is -3.82. The summed E-state index contributed by atoms with van der Waals surface area (Å²) in [5, 5.41) is 2.59. The van der Waals surface area contributed by atoms with Crippen LogP contribution in [0.15, 0.2) is 42.5 Å². The lowest BCUT2D eigenvalue weighted by atomic mass is 10.1. The van der Waals surface area contributed by atoms with Crippen LogP contribution in [0.1, 0.15) is 11.1 Å². The summed E-state index contributed by atoms with van der Waals surface area (Å²) in [5.41, 5.74) is 1.96. The third kappa shape index (κ3) is 5.68. The largest absolute Gasteiger partial charge is 0.491 e. The van der Waals surface area contributed by atoms with Gasteiger partial charge in [-0.15, -0.1) is 0 Å². The number of nitrogens with one attached hydrogen (secondary N) is 1. The maximum atomic E-state index is 13.9. The average Bonchev–Trinajstić information content (AvgIpc) is 2.60. The van der Waals surface area contributed by atoms with E-state index in [1.54, 1.807) is 0 Å². The number of nitrogens with zero attached hydrogens (tertiary/aromatic N) is 1. The van der Waals surface area contributed by atoms with Gasteiger partial charge in [-0.1, -0.05) is 24.3 Å². The number of amides is 1. The molecule has 0 aliphatic heterocycles. The normalized spacial score (nSPS) is 11.1. The van der Waals surface area contributed by atoms with E-state index >= 15 is 0 Å². The maximum Gasteiger partial charge on any atom is 0.240 e. The lowest BCUT2D eigenvalue weighted by Gasteiger charge is -2.22. The molecule has 0 aromatic heterocycles. The lowest BCUT2D eigenvalue weighted by Crippen LogP contribution is -2.41. The number of hydrogen-bond donors (Lipinski definition) is 1. The molecule has 8 heteroatoms. The summed E-state index contributed by atoms with van der Waals surface area (Å²) in [4.78, 5) is 12.1. The average molecular weight is 394 g/mol. The highest BCUT2D eigenvalue weighted by molar-refractivity contribution is 7.92. The molecule has 0 heterocycles. The fraction of sp³-hybridized carbons (Fsp3) is 0.316. The predicted octanol–water partition coefficient (Wildman–Crippen LogP) is 2.40. The first kappa shape index (κ1) is 20.7. The van der Waals surface area contributed by atoms with Crippen molar-refractivity contribution in [3.63, 3.8) is 0 Å². The molecule has 0 saturated carbocycles. The zero-order chi connectivity index (χ0) is 20.0. The van der Waals surface area contributed by atoms with Gasteiger partial charge in [0, 0.05) is 0 Å². The van der Waals surface area contributed by atoms with E-state index in [0.29, 0.717) is 0 Å². The Morgan fingerprint density at radius 3 is 2.52 bits per heavy atom. The van der Waals surface area contributed by atoms with Gasteiger partial charge in [-0.05, 0) is 43.2 Å². The summed E-state index contributed by atoms with van der Waals surface area (Å²) in [6.07, 6.45) is 0.927. The van der Waals surface area contributed by atoms with E-state index in [2.05, 4.69) is 5.32 Å². The molecular weight excluding hydrogens is 371 g/mol. The second-order valence-electron chi connectivity index (χ2n) is 6.12. The molecule has 0 bridgehead atoms. The molecule has 0 aliphatic rings. The number of sulfonamides is 1. The van der Waals surface area contributed by atoms with Crippen molar-refractivity contribution in [3.8, 4) is 5.75 Å². The van der Waals surface area contributed by atoms with Crippen molar-refractivity contribution in [2.24, 2.45) is 0 Å². The third-order valence-corrected chi connectivity index (χ3v) is 5.17. The van der Waals surface area contributed by atoms with Gasteiger partial charge >= 0.3 is 0 Å². The van der Waals surface area contributed by atoms with E-state index in [4.69, 9.17) is 4.74 Å². The molecule has 0 atom stereocenters. The number of carbonyl (C=O) groups excluding carboxylic acids is 1. The second-order valence-corrected chi connectivity index (χ2v) is 8.02. The van der Waals surface area contributed by atoms with E-state index in [0.717, 1.165) is 33.5 Å². The van der Waals surface area contributed by atoms with Crippen molar-refractivity contribution in [3.05, 3.63) is 59.4 Å². The van der Waals surface area contributed by atoms with Crippen molar-refractivity contribution in [1.82, 2.24) is 5.32 Å². The van der Waals surface area contributed by atoms with E-state index in [1.165, 1.54) is 18.2 Å². The fourth-order valence-electron chi connectivity index (χ4n) is 2.45. The monoisotopic (exact) mass is 394 g/mol. The Labute approximate surface area is 159 Å². The number of hydrogen-bond acceptors (Lipinski definition) is 4. The first-order chi connectivity index (χ1) is 12.7. The standard InChI is InChI=1S/C19H23FN2O4S/c1-14-7-6-10-18(15(14)2)26-12-11-21-19(23)13-22(27(3,24)25)17-9-5-4-8-16(17)20/h4-10H,11-13H2,1-3H3,(H,21,23). The number of aryl methyl sites for hydroxylation is 1. The highest BCUT2D eigenvalue weighted by Gasteiger charge is 2.23. The van der Waals surface area contributed by atoms with Crippen molar-refractivity contribution in [1.29, 1.82) is 0 Å². The molecule has 146 valence electrons. The van der Waals surface area contributed by atoms with Gasteiger partial charge in [0.15, 0.2) is 0 Å². The van der Waals surface area contributed by atoms with Gasteiger partial charge in [-0.25, -0.2) is 12.8 Å². The third-order valence-electron chi connectivity index (χ3n) is 4.05. The molecule has 27 heavy (non-hydrogen) atoms. The Bertz CT molecular complexity index is 916. The molecule has 1 N–H and O–H groups in total. The van der Waals surface area contributed by atoms with E-state index in [9.17, 15) is 17.6 Å². The van der Waals surface area contributed by atoms with Crippen LogP contribution in [0.25, 0.3) is 0 Å². The van der Waals surface area contributed by atoms with Gasteiger partial charge in [0.05, 0.1) is 18.5 Å². The van der Waals surface area contributed by atoms with Crippen molar-refractivity contribution < 1.29 is 22.3 Å². The van der Waals surface area contributed by atoms with E-state index in [1.807, 2.05) is 32.0 Å². The highest BCUT2D eigenvalue weighted by atomic mass is 32.2. The quantitative estimate of drug-likeness (QED) is 0.698. The molecule has 2 rings (SSSR count). The van der Waals surface area contributed by atoms with Crippen LogP contribution < -0.4 is 14.4 Å². The molecule has 1 amide bonds. The van der Waals surface area contributed by atoms with Gasteiger partial charge in [-0.3, -0.25) is 9.10 Å². The molecule has 2 aromatic rings. The summed E-state index contributed by atoms with van der Waals surface area (Å²) < 4.78 is 44.2. The smallest absolute Gasteiger partial charge is 0.240 e. The Balaban J connectivity index is 1.93. The molecular formula is C19H23FN2O4S. The molecule has 0 unspecified atom stereocenters. The van der Waals surface area contributed by atoms with Crippen LogP contribution in [0.4, 0.5) is 10.1 Å². The summed E-state index contributed by atoms with van der Waals surface area (Å²) in [5.74, 6) is -0.532. The number of benzene rings is 2. The zero-order valence-electron chi connectivity index (χ0n) is 15.5. The van der Waals surface area contributed by atoms with Crippen LogP contribution in [0.3, 0.4) is 0 Å². The summed E-state index contributed by atoms with van der Waals surface area (Å²) >= 11 is 0. The van der Waals surface area contributed by atoms with Crippen LogP contribution >= 0.6 is 0 Å². The molecule has 0 aliphatic carbocycles. The Hall–Kier alpha value is -2.61. The predicted molar refractivity (Wildman–Crippen MR) is 103 cm³/mol. The van der Waals surface area contributed by atoms with Crippen LogP contribution in [0.2, 0.25) is 0 Å². The van der Waals surface area contributed by atoms with Gasteiger partial charge in [0.1, 0.15) is 24.7 Å². The first-order valence-corrected chi connectivity index (χ1v) is 10.2. The van der Waals surface area contributed by atoms with E-state index in [-0.39, 0.29) is 18.8 Å². The van der Waals surface area contributed by atoms with Gasteiger partial charge < -0.3 is 10.1 Å². The number of carbonyl (C=O) groups is 1. The summed E-state index contributed by atoms with van der Waals surface area (Å²) in [7, 11) is -3.82. The molecule has 0 radical (unpaired) electrons.